The van der Waals surface area contributed by atoms with Crippen molar-refractivity contribution in [2.45, 2.75) is 334 Å². The van der Waals surface area contributed by atoms with Crippen LogP contribution in [0.1, 0.15) is 273 Å². The normalized spacial score (nSPS) is 46.3. The van der Waals surface area contributed by atoms with E-state index in [-0.39, 0.29) is 6.10 Å². The van der Waals surface area contributed by atoms with Gasteiger partial charge in [0.2, 0.25) is 0 Å². The minimum atomic E-state index is -0.0678. The summed E-state index contributed by atoms with van der Waals surface area (Å²) in [5.74, 6) is 9.85. The highest BCUT2D eigenvalue weighted by atomic mass is 16.3. The van der Waals surface area contributed by atoms with E-state index in [1.807, 2.05) is 0 Å². The van der Waals surface area contributed by atoms with Crippen LogP contribution >= 0.6 is 0 Å². The molecule has 0 aromatic carbocycles. The molecule has 9 aliphatic carbocycles. The van der Waals surface area contributed by atoms with Gasteiger partial charge in [-0.05, 0) is 277 Å². The van der Waals surface area contributed by atoms with Crippen LogP contribution in [0.2, 0.25) is 0 Å². The number of aliphatic hydroxyl groups is 1. The molecule has 1 N–H and O–H groups in total. The molecule has 11 unspecified atom stereocenters. The van der Waals surface area contributed by atoms with Crippen molar-refractivity contribution in [2.75, 3.05) is 0 Å². The summed E-state index contributed by atoms with van der Waals surface area (Å²) in [5.41, 5.74) is 0. The Kier molecular flexibility index (Phi) is 19.7. The van der Waals surface area contributed by atoms with Crippen molar-refractivity contribution in [3.05, 3.63) is 12.2 Å². The zero-order valence-electron chi connectivity index (χ0n) is 46.8. The lowest BCUT2D eigenvalue weighted by atomic mass is 9.71. The molecule has 0 saturated heterocycles. The molecule has 9 rings (SSSR count). The van der Waals surface area contributed by atoms with Gasteiger partial charge in [-0.2, -0.15) is 0 Å². The summed E-state index contributed by atoms with van der Waals surface area (Å²) in [4.78, 5) is 9.54. The zero-order chi connectivity index (χ0) is 48.0. The molecule has 8 saturated carbocycles. The molecule has 4 nitrogen and oxygen atoms in total. The Morgan fingerprint density at radius 1 is 0.333 bits per heavy atom. The van der Waals surface area contributed by atoms with Gasteiger partial charge in [-0.1, -0.05) is 73.5 Å². The smallest absolute Gasteiger partial charge is 0.0544 e. The monoisotopic (exact) mass is 954 g/mol. The van der Waals surface area contributed by atoms with Crippen LogP contribution in [0, 0.1) is 65.1 Å². The predicted molar refractivity (Wildman–Crippen MR) is 294 cm³/mol. The standard InChI is InChI=1S/C65H115N3O/c1-45-8-26-56(27-9-45)66(57-28-10-46(2)11-29-57)62-38-24-54(49(5)42-62)22-16-52-18-34-60(35-19-52)68(65-41-40-64(69)44-51(65)7)61-36-20-53(21-37-61)17-23-55-25-39-63(43-50(55)6)67(58-30-12-47(3)13-31-58)59-32-14-48(4)15-33-59/h8,26,45-65,69H,9-25,27-44H2,1-7H3. The molecule has 8 fully saturated rings. The molecular formula is C65H115N3O. The van der Waals surface area contributed by atoms with Crippen molar-refractivity contribution in [2.24, 2.45) is 65.1 Å². The van der Waals surface area contributed by atoms with Gasteiger partial charge in [-0.25, -0.2) is 0 Å². The largest absolute Gasteiger partial charge is 0.393 e. The van der Waals surface area contributed by atoms with Crippen LogP contribution in [0.4, 0.5) is 0 Å². The van der Waals surface area contributed by atoms with Crippen molar-refractivity contribution in [1.29, 1.82) is 0 Å². The van der Waals surface area contributed by atoms with E-state index in [9.17, 15) is 5.11 Å². The van der Waals surface area contributed by atoms with Crippen LogP contribution < -0.4 is 0 Å². The third-order valence-corrected chi connectivity index (χ3v) is 23.5. The van der Waals surface area contributed by atoms with Gasteiger partial charge in [0.05, 0.1) is 6.10 Å². The molecule has 0 aromatic heterocycles. The quantitative estimate of drug-likeness (QED) is 0.166. The maximum atomic E-state index is 10.8. The molecule has 0 bridgehead atoms. The van der Waals surface area contributed by atoms with Crippen LogP contribution in [-0.4, -0.2) is 80.3 Å². The fourth-order valence-corrected chi connectivity index (χ4v) is 18.8. The Hall–Kier alpha value is -0.420. The van der Waals surface area contributed by atoms with Crippen molar-refractivity contribution < 1.29 is 5.11 Å². The molecule has 396 valence electrons. The van der Waals surface area contributed by atoms with Crippen molar-refractivity contribution in [1.82, 2.24) is 14.7 Å². The van der Waals surface area contributed by atoms with Crippen LogP contribution in [-0.2, 0) is 0 Å². The van der Waals surface area contributed by atoms with Gasteiger partial charge in [0.25, 0.3) is 0 Å². The summed E-state index contributed by atoms with van der Waals surface area (Å²) in [6.45, 7) is 17.8. The van der Waals surface area contributed by atoms with Gasteiger partial charge >= 0.3 is 0 Å². The SMILES string of the molecule is CC1C=CC(N(C2CCC(C)CC2)C2CCC(CCC3CCC(N(C4CCC(CCC5CCC(N(C6CCC(C)CC6)C6CCC(C)CC6)CC5C)CC4)C4CCC(O)CC4C)CC3)C(C)C2)CC1. The molecular weight excluding hydrogens is 839 g/mol. The Morgan fingerprint density at radius 3 is 1.16 bits per heavy atom. The third kappa shape index (κ3) is 13.9. The fraction of sp³-hybridized carbons (Fsp3) is 0.969. The summed E-state index contributed by atoms with van der Waals surface area (Å²) in [7, 11) is 0. The first-order chi connectivity index (χ1) is 33.4. The van der Waals surface area contributed by atoms with E-state index in [0.717, 1.165) is 114 Å². The van der Waals surface area contributed by atoms with Crippen LogP contribution in [0.3, 0.4) is 0 Å². The fourth-order valence-electron chi connectivity index (χ4n) is 18.8. The second-order valence-electron chi connectivity index (χ2n) is 28.5. The van der Waals surface area contributed by atoms with Crippen LogP contribution in [0.5, 0.6) is 0 Å². The number of nitrogens with zero attached hydrogens (tertiary/aromatic N) is 3. The van der Waals surface area contributed by atoms with Crippen LogP contribution in [0.25, 0.3) is 0 Å². The lowest BCUT2D eigenvalue weighted by Crippen LogP contribution is -2.55. The summed E-state index contributed by atoms with van der Waals surface area (Å²) >= 11 is 0. The van der Waals surface area contributed by atoms with E-state index in [4.69, 9.17) is 0 Å². The van der Waals surface area contributed by atoms with E-state index in [2.05, 4.69) is 75.3 Å². The third-order valence-electron chi connectivity index (χ3n) is 23.5. The Bertz CT molecular complexity index is 1480. The van der Waals surface area contributed by atoms with Crippen molar-refractivity contribution in [3.8, 4) is 0 Å². The molecule has 0 radical (unpaired) electrons. The number of allylic oxidation sites excluding steroid dienone is 1. The van der Waals surface area contributed by atoms with Gasteiger partial charge in [-0.15, -0.1) is 0 Å². The van der Waals surface area contributed by atoms with Gasteiger partial charge in [0.1, 0.15) is 0 Å². The lowest BCUT2D eigenvalue weighted by molar-refractivity contribution is -0.0337. The van der Waals surface area contributed by atoms with Crippen molar-refractivity contribution in [3.63, 3.8) is 0 Å². The first-order valence-corrected chi connectivity index (χ1v) is 32.1. The maximum Gasteiger partial charge on any atom is 0.0544 e. The van der Waals surface area contributed by atoms with E-state index >= 15 is 0 Å². The van der Waals surface area contributed by atoms with E-state index in [1.165, 1.54) is 212 Å². The van der Waals surface area contributed by atoms with E-state index in [0.29, 0.717) is 18.0 Å². The number of aliphatic hydroxyl groups excluding tert-OH is 1. The predicted octanol–water partition coefficient (Wildman–Crippen LogP) is 16.8. The van der Waals surface area contributed by atoms with Crippen molar-refractivity contribution >= 4 is 0 Å². The highest BCUT2D eigenvalue weighted by Gasteiger charge is 2.44. The minimum absolute atomic E-state index is 0.0678. The zero-order valence-corrected chi connectivity index (χ0v) is 46.8. The van der Waals surface area contributed by atoms with Crippen LogP contribution in [0.15, 0.2) is 12.2 Å². The average molecular weight is 955 g/mol. The number of rotatable bonds is 15. The van der Waals surface area contributed by atoms with Gasteiger partial charge in [0, 0.05) is 54.4 Å². The van der Waals surface area contributed by atoms with Gasteiger partial charge in [-0.3, -0.25) is 14.7 Å². The summed E-state index contributed by atoms with van der Waals surface area (Å²) < 4.78 is 0. The molecule has 0 amide bonds. The first kappa shape index (κ1) is 53.4. The molecule has 0 aliphatic heterocycles. The Morgan fingerprint density at radius 2 is 0.739 bits per heavy atom. The number of hydrogen-bond acceptors (Lipinski definition) is 4. The van der Waals surface area contributed by atoms with Gasteiger partial charge < -0.3 is 5.11 Å². The van der Waals surface area contributed by atoms with Gasteiger partial charge in [0.15, 0.2) is 0 Å². The first-order valence-electron chi connectivity index (χ1n) is 32.1. The second-order valence-corrected chi connectivity index (χ2v) is 28.5. The maximum absolute atomic E-state index is 10.8. The second kappa shape index (κ2) is 25.4. The summed E-state index contributed by atoms with van der Waals surface area (Å²) in [6.07, 6.45) is 55.3. The van der Waals surface area contributed by atoms with E-state index < -0.39 is 0 Å². The minimum Gasteiger partial charge on any atom is -0.393 e. The molecule has 0 aromatic rings. The highest BCUT2D eigenvalue weighted by Crippen LogP contribution is 2.47. The lowest BCUT2D eigenvalue weighted by Gasteiger charge is -2.51. The summed E-state index contributed by atoms with van der Waals surface area (Å²) in [5, 5.41) is 10.8. The molecule has 0 spiro atoms. The Balaban J connectivity index is 0.735. The molecule has 11 atom stereocenters. The molecule has 0 heterocycles. The highest BCUT2D eigenvalue weighted by molar-refractivity contribution is 5.06. The molecule has 9 aliphatic rings. The topological polar surface area (TPSA) is 30.0 Å². The Labute approximate surface area is 428 Å². The average Bonchev–Trinajstić information content (AvgIpc) is 3.35. The molecule has 4 heteroatoms. The van der Waals surface area contributed by atoms with E-state index in [1.54, 1.807) is 0 Å². The number of hydrogen-bond donors (Lipinski definition) is 1. The molecule has 69 heavy (non-hydrogen) atoms. The summed E-state index contributed by atoms with van der Waals surface area (Å²) in [6, 6.07) is 7.23.